The highest BCUT2D eigenvalue weighted by molar-refractivity contribution is 6.02. The molecule has 0 unspecified atom stereocenters. The zero-order valence-corrected chi connectivity index (χ0v) is 16.6. The van der Waals surface area contributed by atoms with Gasteiger partial charge in [0.05, 0.1) is 19.4 Å². The third-order valence-corrected chi connectivity index (χ3v) is 4.12. The average Bonchev–Trinajstić information content (AvgIpc) is 2.75. The summed E-state index contributed by atoms with van der Waals surface area (Å²) in [7, 11) is 0. The monoisotopic (exact) mass is 392 g/mol. The fraction of sp³-hybridized carbons (Fsp3) is 0.217. The summed E-state index contributed by atoms with van der Waals surface area (Å²) in [5.74, 6) is 1.46. The van der Waals surface area contributed by atoms with E-state index in [1.54, 1.807) is 18.3 Å². The molecule has 3 rings (SSSR count). The van der Waals surface area contributed by atoms with Crippen LogP contribution in [0.2, 0.25) is 0 Å². The molecule has 0 aliphatic carbocycles. The smallest absolute Gasteiger partial charge is 0.277 e. The molecule has 0 aliphatic heterocycles. The van der Waals surface area contributed by atoms with Crippen molar-refractivity contribution in [1.82, 2.24) is 5.43 Å². The number of nitrogens with one attached hydrogen (secondary N) is 1. The van der Waals surface area contributed by atoms with E-state index in [0.29, 0.717) is 30.5 Å². The van der Waals surface area contributed by atoms with Gasteiger partial charge in [-0.05, 0) is 42.8 Å². The predicted molar refractivity (Wildman–Crippen MR) is 114 cm³/mol. The number of rotatable bonds is 9. The summed E-state index contributed by atoms with van der Waals surface area (Å²) in [6, 6.07) is 19.1. The van der Waals surface area contributed by atoms with Gasteiger partial charge in [0.15, 0.2) is 18.1 Å². The van der Waals surface area contributed by atoms with Crippen molar-refractivity contribution in [2.24, 2.45) is 5.10 Å². The SMILES string of the molecule is CCOc1ccccc1OCC(=O)N/N=C/c1c(OCC)ccc2ccccc12. The van der Waals surface area contributed by atoms with Crippen molar-refractivity contribution in [2.45, 2.75) is 13.8 Å². The molecular weight excluding hydrogens is 368 g/mol. The minimum atomic E-state index is -0.370. The zero-order chi connectivity index (χ0) is 20.5. The van der Waals surface area contributed by atoms with Gasteiger partial charge in [0.25, 0.3) is 5.91 Å². The lowest BCUT2D eigenvalue weighted by molar-refractivity contribution is -0.123. The number of para-hydroxylation sites is 2. The Labute approximate surface area is 170 Å². The van der Waals surface area contributed by atoms with Gasteiger partial charge in [-0.15, -0.1) is 0 Å². The van der Waals surface area contributed by atoms with Crippen LogP contribution in [0.15, 0.2) is 65.8 Å². The third-order valence-electron chi connectivity index (χ3n) is 4.12. The molecule has 0 bridgehead atoms. The van der Waals surface area contributed by atoms with E-state index in [0.717, 1.165) is 16.3 Å². The van der Waals surface area contributed by atoms with E-state index < -0.39 is 0 Å². The molecule has 1 amide bonds. The molecule has 0 radical (unpaired) electrons. The Morgan fingerprint density at radius 2 is 1.52 bits per heavy atom. The maximum atomic E-state index is 12.1. The van der Waals surface area contributed by atoms with Gasteiger partial charge in [-0.1, -0.05) is 42.5 Å². The highest BCUT2D eigenvalue weighted by atomic mass is 16.5. The van der Waals surface area contributed by atoms with Gasteiger partial charge in [0, 0.05) is 5.56 Å². The Kier molecular flexibility index (Phi) is 7.05. The van der Waals surface area contributed by atoms with E-state index in [1.807, 2.05) is 62.4 Å². The molecule has 0 heterocycles. The molecule has 0 spiro atoms. The van der Waals surface area contributed by atoms with Gasteiger partial charge in [-0.3, -0.25) is 4.79 Å². The van der Waals surface area contributed by atoms with Crippen molar-refractivity contribution in [2.75, 3.05) is 19.8 Å². The fourth-order valence-corrected chi connectivity index (χ4v) is 2.88. The minimum absolute atomic E-state index is 0.171. The van der Waals surface area contributed by atoms with Crippen molar-refractivity contribution >= 4 is 22.9 Å². The van der Waals surface area contributed by atoms with Crippen LogP contribution in [0.5, 0.6) is 17.2 Å². The highest BCUT2D eigenvalue weighted by Crippen LogP contribution is 2.27. The van der Waals surface area contributed by atoms with Crippen LogP contribution in [0.3, 0.4) is 0 Å². The zero-order valence-electron chi connectivity index (χ0n) is 16.6. The molecule has 1 N–H and O–H groups in total. The lowest BCUT2D eigenvalue weighted by atomic mass is 10.0. The molecule has 6 nitrogen and oxygen atoms in total. The standard InChI is InChI=1S/C23H24N2O4/c1-3-27-20-14-13-17-9-5-6-10-18(17)19(20)15-24-25-23(26)16-29-22-12-8-7-11-21(22)28-4-2/h5-15H,3-4,16H2,1-2H3,(H,25,26)/b24-15+. The second-order valence-corrected chi connectivity index (χ2v) is 6.09. The van der Waals surface area contributed by atoms with Gasteiger partial charge >= 0.3 is 0 Å². The van der Waals surface area contributed by atoms with Crippen LogP contribution < -0.4 is 19.6 Å². The first-order valence-electron chi connectivity index (χ1n) is 9.54. The molecule has 6 heteroatoms. The average molecular weight is 392 g/mol. The number of carbonyl (C=O) groups excluding carboxylic acids is 1. The second kappa shape index (κ2) is 10.1. The Bertz CT molecular complexity index is 1000. The molecule has 0 saturated heterocycles. The van der Waals surface area contributed by atoms with E-state index in [9.17, 15) is 4.79 Å². The summed E-state index contributed by atoms with van der Waals surface area (Å²) < 4.78 is 16.7. The van der Waals surface area contributed by atoms with E-state index in [-0.39, 0.29) is 12.5 Å². The quantitative estimate of drug-likeness (QED) is 0.438. The maximum Gasteiger partial charge on any atom is 0.277 e. The van der Waals surface area contributed by atoms with Gasteiger partial charge in [0.1, 0.15) is 5.75 Å². The third kappa shape index (κ3) is 5.25. The molecule has 3 aromatic rings. The maximum absolute atomic E-state index is 12.1. The van der Waals surface area contributed by atoms with Crippen molar-refractivity contribution in [3.05, 3.63) is 66.2 Å². The molecular formula is C23H24N2O4. The van der Waals surface area contributed by atoms with Crippen molar-refractivity contribution < 1.29 is 19.0 Å². The van der Waals surface area contributed by atoms with Crippen molar-refractivity contribution in [3.63, 3.8) is 0 Å². The van der Waals surface area contributed by atoms with Crippen molar-refractivity contribution in [3.8, 4) is 17.2 Å². The van der Waals surface area contributed by atoms with Crippen LogP contribution in [-0.2, 0) is 4.79 Å². The summed E-state index contributed by atoms with van der Waals surface area (Å²) >= 11 is 0. The molecule has 0 fully saturated rings. The van der Waals surface area contributed by atoms with Gasteiger partial charge in [-0.25, -0.2) is 5.43 Å². The largest absolute Gasteiger partial charge is 0.493 e. The molecule has 0 saturated carbocycles. The van der Waals surface area contributed by atoms with Crippen LogP contribution >= 0.6 is 0 Å². The molecule has 29 heavy (non-hydrogen) atoms. The number of amides is 1. The molecule has 150 valence electrons. The van der Waals surface area contributed by atoms with Gasteiger partial charge in [0.2, 0.25) is 0 Å². The number of hydrogen-bond donors (Lipinski definition) is 1. The first kappa shape index (κ1) is 20.2. The second-order valence-electron chi connectivity index (χ2n) is 6.09. The number of hydrazone groups is 1. The Hall–Kier alpha value is -3.54. The van der Waals surface area contributed by atoms with E-state index in [1.165, 1.54) is 0 Å². The number of fused-ring (bicyclic) bond motifs is 1. The highest BCUT2D eigenvalue weighted by Gasteiger charge is 2.08. The summed E-state index contributed by atoms with van der Waals surface area (Å²) in [5, 5.41) is 6.16. The van der Waals surface area contributed by atoms with Crippen LogP contribution in [0.25, 0.3) is 10.8 Å². The van der Waals surface area contributed by atoms with E-state index in [2.05, 4.69) is 10.5 Å². The Morgan fingerprint density at radius 1 is 0.862 bits per heavy atom. The van der Waals surface area contributed by atoms with Crippen molar-refractivity contribution in [1.29, 1.82) is 0 Å². The summed E-state index contributed by atoms with van der Waals surface area (Å²) in [6.07, 6.45) is 1.60. The van der Waals surface area contributed by atoms with Crippen LogP contribution in [0, 0.1) is 0 Å². The lowest BCUT2D eigenvalue weighted by Gasteiger charge is -2.11. The normalized spacial score (nSPS) is 10.8. The van der Waals surface area contributed by atoms with Crippen LogP contribution in [0.1, 0.15) is 19.4 Å². The number of nitrogens with zero attached hydrogens (tertiary/aromatic N) is 1. The molecule has 0 atom stereocenters. The number of hydrogen-bond acceptors (Lipinski definition) is 5. The number of ether oxygens (including phenoxy) is 3. The Morgan fingerprint density at radius 3 is 2.28 bits per heavy atom. The summed E-state index contributed by atoms with van der Waals surface area (Å²) in [5.41, 5.74) is 3.31. The number of carbonyl (C=O) groups is 1. The summed E-state index contributed by atoms with van der Waals surface area (Å²) in [4.78, 5) is 12.1. The van der Waals surface area contributed by atoms with E-state index in [4.69, 9.17) is 14.2 Å². The van der Waals surface area contributed by atoms with Crippen LogP contribution in [-0.4, -0.2) is 31.9 Å². The fourth-order valence-electron chi connectivity index (χ4n) is 2.88. The topological polar surface area (TPSA) is 69.2 Å². The summed E-state index contributed by atoms with van der Waals surface area (Å²) in [6.45, 7) is 4.70. The van der Waals surface area contributed by atoms with Gasteiger partial charge in [-0.2, -0.15) is 5.10 Å². The minimum Gasteiger partial charge on any atom is -0.493 e. The molecule has 0 aromatic heterocycles. The first-order valence-corrected chi connectivity index (χ1v) is 9.54. The van der Waals surface area contributed by atoms with E-state index >= 15 is 0 Å². The number of benzene rings is 3. The van der Waals surface area contributed by atoms with Crippen LogP contribution in [0.4, 0.5) is 0 Å². The van der Waals surface area contributed by atoms with Gasteiger partial charge < -0.3 is 14.2 Å². The molecule has 3 aromatic carbocycles. The molecule has 0 aliphatic rings. The predicted octanol–water partition coefficient (Wildman–Crippen LogP) is 4.17. The first-order chi connectivity index (χ1) is 14.2. The lowest BCUT2D eigenvalue weighted by Crippen LogP contribution is -2.24. The Balaban J connectivity index is 1.67.